The van der Waals surface area contributed by atoms with Crippen molar-refractivity contribution in [2.24, 2.45) is 0 Å². The van der Waals surface area contributed by atoms with Gasteiger partial charge in [-0.2, -0.15) is 0 Å². The molecule has 0 aliphatic rings. The predicted molar refractivity (Wildman–Crippen MR) is 104 cm³/mol. The van der Waals surface area contributed by atoms with Crippen molar-refractivity contribution >= 4 is 21.6 Å². The highest BCUT2D eigenvalue weighted by atomic mass is 32.1. The molecule has 4 aromatic rings. The summed E-state index contributed by atoms with van der Waals surface area (Å²) >= 11 is 1.76. The highest BCUT2D eigenvalue weighted by molar-refractivity contribution is 7.17. The maximum atomic E-state index is 5.57. The molecule has 2 aromatic carbocycles. The molecule has 3 nitrogen and oxygen atoms in total. The van der Waals surface area contributed by atoms with Gasteiger partial charge in [-0.3, -0.25) is 0 Å². The Morgan fingerprint density at radius 3 is 2.56 bits per heavy atom. The van der Waals surface area contributed by atoms with Gasteiger partial charge in [0.15, 0.2) is 0 Å². The van der Waals surface area contributed by atoms with Crippen LogP contribution in [0.25, 0.3) is 27.2 Å². The Hall–Kier alpha value is -2.72. The molecule has 2 heterocycles. The summed E-state index contributed by atoms with van der Waals surface area (Å²) in [6, 6.07) is 20.8. The second kappa shape index (κ2) is 6.65. The fraction of sp³-hybridized carbons (Fsp3) is 0.143. The lowest BCUT2D eigenvalue weighted by atomic mass is 10.1. The van der Waals surface area contributed by atoms with Crippen LogP contribution < -0.4 is 9.47 Å². The first-order valence-electron chi connectivity index (χ1n) is 8.27. The molecule has 4 heteroatoms. The number of nitrogens with zero attached hydrogens (tertiary/aromatic N) is 1. The number of hydrogen-bond acceptors (Lipinski definition) is 3. The molecule has 0 bridgehead atoms. The second-order valence-electron chi connectivity index (χ2n) is 5.69. The lowest BCUT2D eigenvalue weighted by Crippen LogP contribution is -1.97. The number of thiophene rings is 1. The van der Waals surface area contributed by atoms with Gasteiger partial charge in [0.05, 0.1) is 29.6 Å². The van der Waals surface area contributed by atoms with Crippen molar-refractivity contribution in [3.8, 4) is 28.4 Å². The molecule has 0 unspecified atom stereocenters. The topological polar surface area (TPSA) is 23.4 Å². The predicted octanol–water partition coefficient (Wildman–Crippen LogP) is 5.77. The van der Waals surface area contributed by atoms with Gasteiger partial charge in [0.25, 0.3) is 0 Å². The van der Waals surface area contributed by atoms with Crippen LogP contribution in [-0.4, -0.2) is 18.3 Å². The number of aromatic nitrogens is 1. The molecule has 0 amide bonds. The van der Waals surface area contributed by atoms with Gasteiger partial charge in [-0.15, -0.1) is 11.3 Å². The van der Waals surface area contributed by atoms with E-state index in [2.05, 4.69) is 46.3 Å². The Labute approximate surface area is 151 Å². The summed E-state index contributed by atoms with van der Waals surface area (Å²) in [5.74, 6) is 1.75. The Kier molecular flexibility index (Phi) is 4.20. The first-order chi connectivity index (χ1) is 12.3. The van der Waals surface area contributed by atoms with E-state index in [9.17, 15) is 0 Å². The maximum absolute atomic E-state index is 5.57. The van der Waals surface area contributed by atoms with Crippen molar-refractivity contribution in [2.75, 3.05) is 13.7 Å². The third-order valence-corrected chi connectivity index (χ3v) is 5.05. The Morgan fingerprint density at radius 2 is 1.80 bits per heavy atom. The van der Waals surface area contributed by atoms with E-state index in [0.29, 0.717) is 6.61 Å². The molecule has 126 valence electrons. The summed E-state index contributed by atoms with van der Waals surface area (Å²) in [5, 5.41) is 2.13. The summed E-state index contributed by atoms with van der Waals surface area (Å²) in [6.07, 6.45) is 0. The lowest BCUT2D eigenvalue weighted by molar-refractivity contribution is 0.340. The molecule has 0 spiro atoms. The molecule has 4 rings (SSSR count). The van der Waals surface area contributed by atoms with Gasteiger partial charge in [0.2, 0.25) is 0 Å². The van der Waals surface area contributed by atoms with Crippen molar-refractivity contribution in [1.29, 1.82) is 0 Å². The van der Waals surface area contributed by atoms with E-state index < -0.39 is 0 Å². The average Bonchev–Trinajstić information content (AvgIpc) is 3.24. The maximum Gasteiger partial charge on any atom is 0.119 e. The number of rotatable bonds is 5. The Morgan fingerprint density at radius 1 is 0.960 bits per heavy atom. The standard InChI is InChI=1S/C21H19NO2S/c1-3-24-17-9-7-16(8-10-17)22-19-11-12-25-21(19)14-20(22)15-5-4-6-18(13-15)23-2/h4-14H,3H2,1-2H3. The van der Waals surface area contributed by atoms with Crippen LogP contribution in [0.5, 0.6) is 11.5 Å². The minimum absolute atomic E-state index is 0.673. The van der Waals surface area contributed by atoms with Crippen LogP contribution in [0.2, 0.25) is 0 Å². The highest BCUT2D eigenvalue weighted by Gasteiger charge is 2.14. The molecule has 0 radical (unpaired) electrons. The van der Waals surface area contributed by atoms with Gasteiger partial charge in [0.1, 0.15) is 11.5 Å². The summed E-state index contributed by atoms with van der Waals surface area (Å²) in [4.78, 5) is 0. The van der Waals surface area contributed by atoms with Crippen LogP contribution in [0.15, 0.2) is 66.0 Å². The number of fused-ring (bicyclic) bond motifs is 1. The molecule has 25 heavy (non-hydrogen) atoms. The number of hydrogen-bond donors (Lipinski definition) is 0. The van der Waals surface area contributed by atoms with Crippen LogP contribution in [0.4, 0.5) is 0 Å². The fourth-order valence-electron chi connectivity index (χ4n) is 3.06. The summed E-state index contributed by atoms with van der Waals surface area (Å²) in [6.45, 7) is 2.67. The van der Waals surface area contributed by atoms with Crippen LogP contribution >= 0.6 is 11.3 Å². The van der Waals surface area contributed by atoms with E-state index in [1.807, 2.05) is 31.2 Å². The van der Waals surface area contributed by atoms with Crippen molar-refractivity contribution in [1.82, 2.24) is 4.57 Å². The van der Waals surface area contributed by atoms with E-state index in [4.69, 9.17) is 9.47 Å². The van der Waals surface area contributed by atoms with Crippen LogP contribution in [-0.2, 0) is 0 Å². The van der Waals surface area contributed by atoms with Crippen LogP contribution in [0.3, 0.4) is 0 Å². The molecule has 0 saturated heterocycles. The molecule has 0 aliphatic heterocycles. The van der Waals surface area contributed by atoms with Crippen LogP contribution in [0.1, 0.15) is 6.92 Å². The van der Waals surface area contributed by atoms with Gasteiger partial charge in [-0.25, -0.2) is 0 Å². The zero-order chi connectivity index (χ0) is 17.2. The monoisotopic (exact) mass is 349 g/mol. The summed E-state index contributed by atoms with van der Waals surface area (Å²) in [5.41, 5.74) is 4.63. The smallest absolute Gasteiger partial charge is 0.119 e. The van der Waals surface area contributed by atoms with Gasteiger partial charge in [-0.1, -0.05) is 12.1 Å². The minimum atomic E-state index is 0.673. The summed E-state index contributed by atoms with van der Waals surface area (Å²) < 4.78 is 14.5. The van der Waals surface area contributed by atoms with Gasteiger partial charge < -0.3 is 14.0 Å². The highest BCUT2D eigenvalue weighted by Crippen LogP contribution is 2.35. The normalized spacial score (nSPS) is 11.0. The fourth-order valence-corrected chi connectivity index (χ4v) is 3.86. The van der Waals surface area contributed by atoms with Gasteiger partial charge >= 0.3 is 0 Å². The zero-order valence-corrected chi connectivity index (χ0v) is 15.0. The van der Waals surface area contributed by atoms with E-state index in [0.717, 1.165) is 28.4 Å². The van der Waals surface area contributed by atoms with E-state index in [1.54, 1.807) is 18.4 Å². The summed E-state index contributed by atoms with van der Waals surface area (Å²) in [7, 11) is 1.70. The van der Waals surface area contributed by atoms with E-state index in [1.165, 1.54) is 10.2 Å². The van der Waals surface area contributed by atoms with Crippen LogP contribution in [0, 0.1) is 0 Å². The zero-order valence-electron chi connectivity index (χ0n) is 14.2. The van der Waals surface area contributed by atoms with Crippen molar-refractivity contribution < 1.29 is 9.47 Å². The molecule has 0 fully saturated rings. The largest absolute Gasteiger partial charge is 0.497 e. The van der Waals surface area contributed by atoms with Crippen molar-refractivity contribution in [3.63, 3.8) is 0 Å². The van der Waals surface area contributed by atoms with Gasteiger partial charge in [-0.05, 0) is 60.8 Å². The molecule has 0 atom stereocenters. The average molecular weight is 349 g/mol. The second-order valence-corrected chi connectivity index (χ2v) is 6.64. The first kappa shape index (κ1) is 15.8. The Bertz CT molecular complexity index is 998. The molecule has 0 saturated carbocycles. The molecular weight excluding hydrogens is 330 g/mol. The van der Waals surface area contributed by atoms with E-state index in [-0.39, 0.29) is 0 Å². The number of ether oxygens (including phenoxy) is 2. The van der Waals surface area contributed by atoms with Crippen molar-refractivity contribution in [3.05, 3.63) is 66.0 Å². The number of benzene rings is 2. The van der Waals surface area contributed by atoms with Crippen molar-refractivity contribution in [2.45, 2.75) is 6.92 Å². The third-order valence-electron chi connectivity index (χ3n) is 4.19. The molecule has 2 aromatic heterocycles. The minimum Gasteiger partial charge on any atom is -0.497 e. The quantitative estimate of drug-likeness (QED) is 0.457. The molecular formula is C21H19NO2S. The Balaban J connectivity index is 1.88. The van der Waals surface area contributed by atoms with Gasteiger partial charge in [0, 0.05) is 11.3 Å². The molecule has 0 aliphatic carbocycles. The van der Waals surface area contributed by atoms with E-state index >= 15 is 0 Å². The lowest BCUT2D eigenvalue weighted by Gasteiger charge is -2.12. The third kappa shape index (κ3) is 2.89. The SMILES string of the molecule is CCOc1ccc(-n2c(-c3cccc(OC)c3)cc3sccc32)cc1. The first-order valence-corrected chi connectivity index (χ1v) is 9.14. The number of methoxy groups -OCH3 is 1. The molecule has 0 N–H and O–H groups in total.